The molecule has 6 nitrogen and oxygen atoms in total. The van der Waals surface area contributed by atoms with Gasteiger partial charge in [-0.25, -0.2) is 8.42 Å². The third-order valence-electron chi connectivity index (χ3n) is 5.36. The molecule has 154 valence electrons. The van der Waals surface area contributed by atoms with Crippen molar-refractivity contribution in [1.82, 2.24) is 9.21 Å². The number of rotatable bonds is 4. The van der Waals surface area contributed by atoms with E-state index in [0.717, 1.165) is 11.4 Å². The lowest BCUT2D eigenvalue weighted by Crippen LogP contribution is -2.48. The van der Waals surface area contributed by atoms with Crippen LogP contribution in [-0.2, 0) is 21.4 Å². The molecule has 2 aromatic carbocycles. The van der Waals surface area contributed by atoms with Gasteiger partial charge in [-0.3, -0.25) is 9.69 Å². The lowest BCUT2D eigenvalue weighted by Gasteiger charge is -2.34. The van der Waals surface area contributed by atoms with Gasteiger partial charge in [-0.15, -0.1) is 11.8 Å². The zero-order valence-electron chi connectivity index (χ0n) is 16.4. The van der Waals surface area contributed by atoms with Crippen molar-refractivity contribution >= 4 is 33.4 Å². The largest absolute Gasteiger partial charge is 0.325 e. The van der Waals surface area contributed by atoms with E-state index in [-0.39, 0.29) is 16.7 Å². The standard InChI is InChI=1S/C21H25N3O3S2/c1-16-15-28-20-8-7-18(13-19(20)22-21(16)25)29(26,27)24-11-9-23(10-12-24)14-17-5-3-2-4-6-17/h2-8,13,16H,9-12,14-15H2,1H3,(H,22,25)/t16-/m1/s1. The summed E-state index contributed by atoms with van der Waals surface area (Å²) < 4.78 is 27.9. The highest BCUT2D eigenvalue weighted by Crippen LogP contribution is 2.34. The SMILES string of the molecule is C[C@@H]1CSc2ccc(S(=O)(=O)N3CCN(Cc4ccccc4)CC3)cc2NC1=O. The first-order valence-corrected chi connectivity index (χ1v) is 12.2. The van der Waals surface area contributed by atoms with Crippen LogP contribution in [0.3, 0.4) is 0 Å². The Kier molecular flexibility index (Phi) is 5.96. The molecule has 0 saturated carbocycles. The zero-order chi connectivity index (χ0) is 20.4. The van der Waals surface area contributed by atoms with Gasteiger partial charge in [0.15, 0.2) is 0 Å². The molecular formula is C21H25N3O3S2. The number of benzene rings is 2. The maximum absolute atomic E-state index is 13.2. The van der Waals surface area contributed by atoms with Gasteiger partial charge in [0, 0.05) is 49.3 Å². The van der Waals surface area contributed by atoms with Crippen LogP contribution in [0, 0.1) is 5.92 Å². The Balaban J connectivity index is 1.46. The first-order chi connectivity index (χ1) is 13.9. The number of hydrogen-bond donors (Lipinski definition) is 1. The highest BCUT2D eigenvalue weighted by atomic mass is 32.2. The van der Waals surface area contributed by atoms with Crippen LogP contribution in [0.2, 0.25) is 0 Å². The third kappa shape index (κ3) is 4.50. The normalized spacial score (nSPS) is 21.3. The van der Waals surface area contributed by atoms with Gasteiger partial charge < -0.3 is 5.32 Å². The number of anilines is 1. The minimum Gasteiger partial charge on any atom is -0.325 e. The number of piperazine rings is 1. The van der Waals surface area contributed by atoms with Gasteiger partial charge in [-0.2, -0.15) is 4.31 Å². The molecular weight excluding hydrogens is 406 g/mol. The number of carbonyl (C=O) groups excluding carboxylic acids is 1. The monoisotopic (exact) mass is 431 g/mol. The second kappa shape index (κ2) is 8.47. The Morgan fingerprint density at radius 3 is 2.52 bits per heavy atom. The van der Waals surface area contributed by atoms with Crippen molar-refractivity contribution in [2.75, 3.05) is 37.2 Å². The van der Waals surface area contributed by atoms with Crippen LogP contribution in [0.4, 0.5) is 5.69 Å². The first-order valence-electron chi connectivity index (χ1n) is 9.77. The van der Waals surface area contributed by atoms with E-state index >= 15 is 0 Å². The Morgan fingerprint density at radius 2 is 1.79 bits per heavy atom. The molecule has 0 unspecified atom stereocenters. The van der Waals surface area contributed by atoms with Gasteiger partial charge in [0.25, 0.3) is 0 Å². The summed E-state index contributed by atoms with van der Waals surface area (Å²) in [5, 5.41) is 2.87. The van der Waals surface area contributed by atoms with Crippen LogP contribution in [0.1, 0.15) is 12.5 Å². The van der Waals surface area contributed by atoms with Gasteiger partial charge in [0.1, 0.15) is 0 Å². The highest BCUT2D eigenvalue weighted by Gasteiger charge is 2.30. The molecule has 0 spiro atoms. The average Bonchev–Trinajstić information content (AvgIpc) is 2.87. The second-order valence-electron chi connectivity index (χ2n) is 7.53. The Labute approximate surface area is 176 Å². The third-order valence-corrected chi connectivity index (χ3v) is 8.59. The fourth-order valence-corrected chi connectivity index (χ4v) is 6.02. The molecule has 1 saturated heterocycles. The van der Waals surface area contributed by atoms with Crippen molar-refractivity contribution < 1.29 is 13.2 Å². The van der Waals surface area contributed by atoms with E-state index in [0.29, 0.717) is 37.6 Å². The van der Waals surface area contributed by atoms with Gasteiger partial charge in [-0.1, -0.05) is 37.3 Å². The number of fused-ring (bicyclic) bond motifs is 1. The van der Waals surface area contributed by atoms with Gasteiger partial charge in [0.2, 0.25) is 15.9 Å². The van der Waals surface area contributed by atoms with Crippen molar-refractivity contribution in [3.05, 3.63) is 54.1 Å². The fraction of sp³-hybridized carbons (Fsp3) is 0.381. The van der Waals surface area contributed by atoms with E-state index in [4.69, 9.17) is 0 Å². The maximum atomic E-state index is 13.2. The number of nitrogens with zero attached hydrogens (tertiary/aromatic N) is 2. The molecule has 1 amide bonds. The van der Waals surface area contributed by atoms with E-state index < -0.39 is 10.0 Å². The fourth-order valence-electron chi connectivity index (χ4n) is 3.56. The number of thioether (sulfide) groups is 1. The second-order valence-corrected chi connectivity index (χ2v) is 10.5. The summed E-state index contributed by atoms with van der Waals surface area (Å²) in [6.45, 7) is 5.02. The van der Waals surface area contributed by atoms with Crippen molar-refractivity contribution in [2.24, 2.45) is 5.92 Å². The van der Waals surface area contributed by atoms with E-state index in [1.54, 1.807) is 34.3 Å². The van der Waals surface area contributed by atoms with Crippen LogP contribution in [-0.4, -0.2) is 55.5 Å². The molecule has 2 aliphatic rings. The quantitative estimate of drug-likeness (QED) is 0.806. The summed E-state index contributed by atoms with van der Waals surface area (Å²) in [6, 6.07) is 15.3. The molecule has 1 N–H and O–H groups in total. The number of nitrogens with one attached hydrogen (secondary N) is 1. The molecule has 1 fully saturated rings. The van der Waals surface area contributed by atoms with Crippen LogP contribution < -0.4 is 5.32 Å². The molecule has 0 radical (unpaired) electrons. The van der Waals surface area contributed by atoms with Crippen LogP contribution in [0.15, 0.2) is 58.3 Å². The molecule has 2 aliphatic heterocycles. The summed E-state index contributed by atoms with van der Waals surface area (Å²) >= 11 is 1.58. The smallest absolute Gasteiger partial charge is 0.243 e. The summed E-state index contributed by atoms with van der Waals surface area (Å²) in [5.74, 6) is 0.513. The first kappa shape index (κ1) is 20.4. The number of carbonyl (C=O) groups is 1. The van der Waals surface area contributed by atoms with E-state index in [2.05, 4.69) is 22.3 Å². The van der Waals surface area contributed by atoms with Crippen molar-refractivity contribution in [3.8, 4) is 0 Å². The number of amides is 1. The summed E-state index contributed by atoms with van der Waals surface area (Å²) in [7, 11) is -3.59. The summed E-state index contributed by atoms with van der Waals surface area (Å²) in [6.07, 6.45) is 0. The molecule has 2 aromatic rings. The van der Waals surface area contributed by atoms with Crippen LogP contribution in [0.5, 0.6) is 0 Å². The molecule has 29 heavy (non-hydrogen) atoms. The predicted molar refractivity (Wildman–Crippen MR) is 115 cm³/mol. The van der Waals surface area contributed by atoms with Gasteiger partial charge in [0.05, 0.1) is 10.6 Å². The summed E-state index contributed by atoms with van der Waals surface area (Å²) in [4.78, 5) is 15.6. The number of sulfonamides is 1. The van der Waals surface area contributed by atoms with E-state index in [1.807, 2.05) is 25.1 Å². The zero-order valence-corrected chi connectivity index (χ0v) is 18.0. The van der Waals surface area contributed by atoms with Crippen molar-refractivity contribution in [3.63, 3.8) is 0 Å². The Morgan fingerprint density at radius 1 is 1.07 bits per heavy atom. The molecule has 1 atom stereocenters. The molecule has 4 rings (SSSR count). The molecule has 2 heterocycles. The van der Waals surface area contributed by atoms with Gasteiger partial charge in [-0.05, 0) is 23.8 Å². The van der Waals surface area contributed by atoms with Crippen molar-refractivity contribution in [1.29, 1.82) is 0 Å². The van der Waals surface area contributed by atoms with E-state index in [9.17, 15) is 13.2 Å². The van der Waals surface area contributed by atoms with E-state index in [1.165, 1.54) is 5.56 Å². The molecule has 0 aromatic heterocycles. The minimum absolute atomic E-state index is 0.0691. The molecule has 8 heteroatoms. The summed E-state index contributed by atoms with van der Waals surface area (Å²) in [5.41, 5.74) is 1.82. The Hall–Kier alpha value is -1.87. The van der Waals surface area contributed by atoms with Crippen molar-refractivity contribution in [2.45, 2.75) is 23.3 Å². The van der Waals surface area contributed by atoms with Crippen LogP contribution >= 0.6 is 11.8 Å². The van der Waals surface area contributed by atoms with Crippen LogP contribution in [0.25, 0.3) is 0 Å². The van der Waals surface area contributed by atoms with Gasteiger partial charge >= 0.3 is 0 Å². The molecule has 0 bridgehead atoms. The number of hydrogen-bond acceptors (Lipinski definition) is 5. The minimum atomic E-state index is -3.59. The average molecular weight is 432 g/mol. The lowest BCUT2D eigenvalue weighted by atomic mass is 10.2. The Bertz CT molecular complexity index is 987. The molecule has 0 aliphatic carbocycles. The predicted octanol–water partition coefficient (Wildman–Crippen LogP) is 2.87. The highest BCUT2D eigenvalue weighted by molar-refractivity contribution is 7.99. The lowest BCUT2D eigenvalue weighted by molar-refractivity contribution is -0.118. The maximum Gasteiger partial charge on any atom is 0.243 e. The topological polar surface area (TPSA) is 69.7 Å².